The molecule has 0 saturated heterocycles. The summed E-state index contributed by atoms with van der Waals surface area (Å²) in [5.74, 6) is -1.35. The normalized spacial score (nSPS) is 15.7. The summed E-state index contributed by atoms with van der Waals surface area (Å²) in [5, 5.41) is 3.43. The van der Waals surface area contributed by atoms with E-state index in [0.717, 1.165) is 17.7 Å². The quantitative estimate of drug-likeness (QED) is 0.643. The van der Waals surface area contributed by atoms with E-state index < -0.39 is 11.6 Å². The number of rotatable bonds is 4. The highest BCUT2D eigenvalue weighted by Gasteiger charge is 2.34. The average Bonchev–Trinajstić information content (AvgIpc) is 3.07. The van der Waals surface area contributed by atoms with Crippen molar-refractivity contribution in [2.45, 2.75) is 46.6 Å². The SMILES string of the molecule is CC(=O)C(=O)c1c(C)c(C(=O)Nc2ccc(C)c(Cl)c2)n2c1CC[C@H]2C. The monoisotopic (exact) mass is 372 g/mol. The van der Waals surface area contributed by atoms with E-state index in [1.54, 1.807) is 19.1 Å². The van der Waals surface area contributed by atoms with Crippen LogP contribution in [0.5, 0.6) is 0 Å². The summed E-state index contributed by atoms with van der Waals surface area (Å²) in [6, 6.07) is 5.41. The van der Waals surface area contributed by atoms with Crippen LogP contribution in [0.1, 0.15) is 64.0 Å². The van der Waals surface area contributed by atoms with Gasteiger partial charge < -0.3 is 9.88 Å². The molecule has 1 N–H and O–H groups in total. The number of fused-ring (bicyclic) bond motifs is 1. The van der Waals surface area contributed by atoms with Crippen LogP contribution in [0, 0.1) is 13.8 Å². The number of halogens is 1. The summed E-state index contributed by atoms with van der Waals surface area (Å²) in [4.78, 5) is 37.0. The molecule has 136 valence electrons. The molecule has 0 radical (unpaired) electrons. The smallest absolute Gasteiger partial charge is 0.272 e. The number of ketones is 2. The Morgan fingerprint density at radius 3 is 2.54 bits per heavy atom. The average molecular weight is 373 g/mol. The Bertz CT molecular complexity index is 943. The lowest BCUT2D eigenvalue weighted by atomic mass is 10.0. The highest BCUT2D eigenvalue weighted by atomic mass is 35.5. The van der Waals surface area contributed by atoms with Gasteiger partial charge in [-0.3, -0.25) is 14.4 Å². The predicted molar refractivity (Wildman–Crippen MR) is 101 cm³/mol. The molecule has 1 amide bonds. The molecule has 1 aliphatic heterocycles. The fourth-order valence-corrected chi connectivity index (χ4v) is 3.78. The Balaban J connectivity index is 2.05. The highest BCUT2D eigenvalue weighted by molar-refractivity contribution is 6.43. The van der Waals surface area contributed by atoms with Crippen LogP contribution in [-0.4, -0.2) is 22.0 Å². The molecule has 2 aromatic rings. The minimum atomic E-state index is -0.530. The van der Waals surface area contributed by atoms with Crippen molar-refractivity contribution < 1.29 is 14.4 Å². The zero-order valence-electron chi connectivity index (χ0n) is 15.3. The molecule has 0 aliphatic carbocycles. The summed E-state index contributed by atoms with van der Waals surface area (Å²) in [6.45, 7) is 6.89. The largest absolute Gasteiger partial charge is 0.337 e. The first kappa shape index (κ1) is 18.4. The summed E-state index contributed by atoms with van der Waals surface area (Å²) in [7, 11) is 0. The fraction of sp³-hybridized carbons (Fsp3) is 0.350. The van der Waals surface area contributed by atoms with E-state index >= 15 is 0 Å². The van der Waals surface area contributed by atoms with Gasteiger partial charge in [0, 0.05) is 29.4 Å². The van der Waals surface area contributed by atoms with Gasteiger partial charge in [-0.15, -0.1) is 0 Å². The zero-order chi connectivity index (χ0) is 19.2. The standard InChI is InChI=1S/C20H21ClN2O3/c1-10-5-7-14(9-15(10)21)22-20(26)18-12(3)17(19(25)13(4)24)16-8-6-11(2)23(16)18/h5,7,9,11H,6,8H2,1-4H3,(H,22,26)/t11-/m1/s1. The van der Waals surface area contributed by atoms with Gasteiger partial charge in [-0.2, -0.15) is 0 Å². The number of hydrogen-bond donors (Lipinski definition) is 1. The number of aromatic nitrogens is 1. The molecular formula is C20H21ClN2O3. The van der Waals surface area contributed by atoms with E-state index in [2.05, 4.69) is 5.32 Å². The number of Topliss-reactive ketones (excluding diaryl/α,β-unsaturated/α-hetero) is 2. The van der Waals surface area contributed by atoms with E-state index in [0.29, 0.717) is 34.0 Å². The molecule has 5 nitrogen and oxygen atoms in total. The van der Waals surface area contributed by atoms with Crippen molar-refractivity contribution >= 4 is 34.8 Å². The lowest BCUT2D eigenvalue weighted by Crippen LogP contribution is -2.19. The van der Waals surface area contributed by atoms with E-state index in [1.807, 2.05) is 24.5 Å². The molecule has 0 unspecified atom stereocenters. The molecule has 1 atom stereocenters. The lowest BCUT2D eigenvalue weighted by molar-refractivity contribution is -0.113. The molecule has 3 rings (SSSR count). The van der Waals surface area contributed by atoms with Gasteiger partial charge in [0.05, 0.1) is 5.56 Å². The number of benzene rings is 1. The number of nitrogens with zero attached hydrogens (tertiary/aromatic N) is 1. The number of carbonyl (C=O) groups is 3. The number of nitrogens with one attached hydrogen (secondary N) is 1. The fourth-order valence-electron chi connectivity index (χ4n) is 3.60. The Kier molecular flexibility index (Phi) is 4.76. The molecule has 26 heavy (non-hydrogen) atoms. The van der Waals surface area contributed by atoms with Gasteiger partial charge in [0.1, 0.15) is 5.69 Å². The van der Waals surface area contributed by atoms with Crippen LogP contribution in [0.3, 0.4) is 0 Å². The van der Waals surface area contributed by atoms with Crippen LogP contribution < -0.4 is 5.32 Å². The zero-order valence-corrected chi connectivity index (χ0v) is 16.0. The van der Waals surface area contributed by atoms with Gasteiger partial charge in [-0.25, -0.2) is 0 Å². The van der Waals surface area contributed by atoms with Crippen molar-refractivity contribution in [1.29, 1.82) is 0 Å². The molecule has 0 spiro atoms. The molecule has 0 bridgehead atoms. The number of hydrogen-bond acceptors (Lipinski definition) is 3. The number of amides is 1. The van der Waals surface area contributed by atoms with Crippen molar-refractivity contribution in [3.05, 3.63) is 51.3 Å². The topological polar surface area (TPSA) is 68.2 Å². The molecular weight excluding hydrogens is 352 g/mol. The number of aryl methyl sites for hydroxylation is 1. The third kappa shape index (κ3) is 2.97. The third-order valence-corrected chi connectivity index (χ3v) is 5.39. The van der Waals surface area contributed by atoms with Crippen LogP contribution in [0.4, 0.5) is 5.69 Å². The van der Waals surface area contributed by atoms with Crippen LogP contribution in [0.15, 0.2) is 18.2 Å². The maximum atomic E-state index is 13.0. The molecule has 1 aromatic carbocycles. The molecule has 6 heteroatoms. The van der Waals surface area contributed by atoms with Gasteiger partial charge in [-0.1, -0.05) is 17.7 Å². The lowest BCUT2D eigenvalue weighted by Gasteiger charge is -2.14. The van der Waals surface area contributed by atoms with Crippen LogP contribution in [-0.2, 0) is 11.2 Å². The first-order chi connectivity index (χ1) is 12.2. The summed E-state index contributed by atoms with van der Waals surface area (Å²) in [5.41, 5.74) is 3.67. The third-order valence-electron chi connectivity index (χ3n) is 4.98. The number of carbonyl (C=O) groups excluding carboxylic acids is 3. The molecule has 0 saturated carbocycles. The van der Waals surface area contributed by atoms with Gasteiger partial charge in [-0.05, 0) is 56.9 Å². The first-order valence-corrected chi connectivity index (χ1v) is 8.96. The van der Waals surface area contributed by atoms with E-state index in [1.165, 1.54) is 6.92 Å². The van der Waals surface area contributed by atoms with Crippen molar-refractivity contribution in [3.63, 3.8) is 0 Å². The second-order valence-corrected chi connectivity index (χ2v) is 7.26. The van der Waals surface area contributed by atoms with E-state index in [-0.39, 0.29) is 11.9 Å². The predicted octanol–water partition coefficient (Wildman–Crippen LogP) is 4.29. The molecule has 1 aliphatic rings. The summed E-state index contributed by atoms with van der Waals surface area (Å²) < 4.78 is 1.90. The van der Waals surface area contributed by atoms with Crippen molar-refractivity contribution in [2.75, 3.05) is 5.32 Å². The highest BCUT2D eigenvalue weighted by Crippen LogP contribution is 2.36. The Morgan fingerprint density at radius 2 is 1.92 bits per heavy atom. The molecule has 1 aromatic heterocycles. The Hall–Kier alpha value is -2.40. The minimum absolute atomic E-state index is 0.0968. The second kappa shape index (κ2) is 6.72. The molecule has 2 heterocycles. The van der Waals surface area contributed by atoms with Gasteiger partial charge in [0.2, 0.25) is 5.78 Å². The van der Waals surface area contributed by atoms with Crippen molar-refractivity contribution in [1.82, 2.24) is 4.57 Å². The minimum Gasteiger partial charge on any atom is -0.337 e. The summed E-state index contributed by atoms with van der Waals surface area (Å²) >= 11 is 6.13. The van der Waals surface area contributed by atoms with E-state index in [9.17, 15) is 14.4 Å². The van der Waals surface area contributed by atoms with Gasteiger partial charge in [0.15, 0.2) is 5.78 Å². The van der Waals surface area contributed by atoms with Crippen molar-refractivity contribution in [2.24, 2.45) is 0 Å². The van der Waals surface area contributed by atoms with E-state index in [4.69, 9.17) is 11.6 Å². The van der Waals surface area contributed by atoms with Crippen LogP contribution in [0.2, 0.25) is 5.02 Å². The van der Waals surface area contributed by atoms with Crippen LogP contribution >= 0.6 is 11.6 Å². The Labute approximate surface area is 157 Å². The Morgan fingerprint density at radius 1 is 1.23 bits per heavy atom. The van der Waals surface area contributed by atoms with Crippen molar-refractivity contribution in [3.8, 4) is 0 Å². The first-order valence-electron chi connectivity index (χ1n) is 8.58. The second-order valence-electron chi connectivity index (χ2n) is 6.86. The van der Waals surface area contributed by atoms with Gasteiger partial charge in [0.25, 0.3) is 5.91 Å². The number of anilines is 1. The maximum absolute atomic E-state index is 13.0. The maximum Gasteiger partial charge on any atom is 0.272 e. The van der Waals surface area contributed by atoms with Crippen LogP contribution in [0.25, 0.3) is 0 Å². The molecule has 0 fully saturated rings. The summed E-state index contributed by atoms with van der Waals surface area (Å²) in [6.07, 6.45) is 1.52. The van der Waals surface area contributed by atoms with Gasteiger partial charge >= 0.3 is 0 Å².